The molecule has 2 fully saturated rings. The van der Waals surface area contributed by atoms with Gasteiger partial charge in [-0.25, -0.2) is 4.39 Å². The van der Waals surface area contributed by atoms with Crippen LogP contribution in [-0.4, -0.2) is 24.2 Å². The molecule has 1 spiro atoms. The second kappa shape index (κ2) is 7.10. The summed E-state index contributed by atoms with van der Waals surface area (Å²) in [6.07, 6.45) is 7.97. The lowest BCUT2D eigenvalue weighted by atomic mass is 9.60. The van der Waals surface area contributed by atoms with Gasteiger partial charge in [-0.15, -0.1) is 0 Å². The van der Waals surface area contributed by atoms with Crippen molar-refractivity contribution in [3.8, 4) is 11.5 Å². The van der Waals surface area contributed by atoms with Crippen molar-refractivity contribution in [3.05, 3.63) is 54.1 Å². The van der Waals surface area contributed by atoms with Crippen LogP contribution in [0.5, 0.6) is 11.5 Å². The number of nitrogens with one attached hydrogen (secondary N) is 1. The first kappa shape index (κ1) is 16.5. The smallest absolute Gasteiger partial charge is 0.166 e. The van der Waals surface area contributed by atoms with Crippen LogP contribution in [0, 0.1) is 11.2 Å². The molecular formula is C20H23FN2O2. The van der Waals surface area contributed by atoms with E-state index in [2.05, 4.69) is 10.3 Å². The highest BCUT2D eigenvalue weighted by Gasteiger charge is 2.46. The van der Waals surface area contributed by atoms with Gasteiger partial charge in [0.2, 0.25) is 0 Å². The summed E-state index contributed by atoms with van der Waals surface area (Å²) in [5, 5.41) is 3.62. The van der Waals surface area contributed by atoms with Gasteiger partial charge in [-0.3, -0.25) is 4.98 Å². The van der Waals surface area contributed by atoms with E-state index >= 15 is 0 Å². The fourth-order valence-electron chi connectivity index (χ4n) is 3.90. The monoisotopic (exact) mass is 342 g/mol. The third-order valence-electron chi connectivity index (χ3n) is 5.57. The molecule has 2 aliphatic rings. The molecule has 0 bridgehead atoms. The van der Waals surface area contributed by atoms with Crippen LogP contribution in [-0.2, 0) is 11.3 Å². The number of hydrogen-bond donors (Lipinski definition) is 1. The minimum absolute atomic E-state index is 0.223. The minimum atomic E-state index is -0.349. The fraction of sp³-hybridized carbons (Fsp3) is 0.450. The van der Waals surface area contributed by atoms with Crippen molar-refractivity contribution in [2.45, 2.75) is 38.3 Å². The zero-order valence-electron chi connectivity index (χ0n) is 14.2. The minimum Gasteiger partial charge on any atom is -0.453 e. The van der Waals surface area contributed by atoms with Crippen molar-refractivity contribution >= 4 is 0 Å². The Hall–Kier alpha value is -1.98. The Kier molecular flexibility index (Phi) is 4.68. The highest BCUT2D eigenvalue weighted by atomic mass is 19.1. The van der Waals surface area contributed by atoms with Gasteiger partial charge in [0.25, 0.3) is 0 Å². The molecule has 1 aliphatic heterocycles. The van der Waals surface area contributed by atoms with Crippen molar-refractivity contribution in [1.82, 2.24) is 10.3 Å². The maximum absolute atomic E-state index is 14.3. The Morgan fingerprint density at radius 3 is 2.80 bits per heavy atom. The second-order valence-electron chi connectivity index (χ2n) is 7.00. The van der Waals surface area contributed by atoms with Crippen LogP contribution in [0.25, 0.3) is 0 Å². The van der Waals surface area contributed by atoms with Crippen LogP contribution in [0.4, 0.5) is 4.39 Å². The summed E-state index contributed by atoms with van der Waals surface area (Å²) in [6.45, 7) is 2.41. The lowest BCUT2D eigenvalue weighted by Crippen LogP contribution is -2.55. The molecule has 1 atom stereocenters. The highest BCUT2D eigenvalue weighted by Crippen LogP contribution is 2.48. The SMILES string of the molecule is Fc1cc(CNC2CCC23CCOCC3)ccc1Oc1cccnc1. The number of benzene rings is 1. The summed E-state index contributed by atoms with van der Waals surface area (Å²) >= 11 is 0. The first-order valence-electron chi connectivity index (χ1n) is 8.93. The van der Waals surface area contributed by atoms with E-state index in [0.717, 1.165) is 31.6 Å². The van der Waals surface area contributed by atoms with E-state index in [-0.39, 0.29) is 11.6 Å². The molecule has 1 aliphatic carbocycles. The average molecular weight is 342 g/mol. The molecule has 132 valence electrons. The Balaban J connectivity index is 1.36. The molecule has 5 heteroatoms. The van der Waals surface area contributed by atoms with Crippen molar-refractivity contribution in [2.24, 2.45) is 5.41 Å². The predicted octanol–water partition coefficient (Wildman–Crippen LogP) is 4.06. The molecule has 4 rings (SSSR count). The molecule has 1 N–H and O–H groups in total. The zero-order chi connectivity index (χ0) is 17.1. The van der Waals surface area contributed by atoms with Gasteiger partial charge < -0.3 is 14.8 Å². The van der Waals surface area contributed by atoms with E-state index in [9.17, 15) is 4.39 Å². The summed E-state index contributed by atoms with van der Waals surface area (Å²) in [4.78, 5) is 3.97. The Bertz CT molecular complexity index is 717. The summed E-state index contributed by atoms with van der Waals surface area (Å²) in [5.41, 5.74) is 1.34. The number of ether oxygens (including phenoxy) is 2. The van der Waals surface area contributed by atoms with Gasteiger partial charge in [-0.05, 0) is 60.9 Å². The number of pyridine rings is 1. The normalized spacial score (nSPS) is 21.7. The number of hydrogen-bond acceptors (Lipinski definition) is 4. The molecular weight excluding hydrogens is 319 g/mol. The Morgan fingerprint density at radius 1 is 1.24 bits per heavy atom. The van der Waals surface area contributed by atoms with Crippen molar-refractivity contribution < 1.29 is 13.9 Å². The number of nitrogens with zero attached hydrogens (tertiary/aromatic N) is 1. The van der Waals surface area contributed by atoms with E-state index in [1.165, 1.54) is 12.8 Å². The molecule has 2 heterocycles. The first-order valence-corrected chi connectivity index (χ1v) is 8.93. The topological polar surface area (TPSA) is 43.4 Å². The van der Waals surface area contributed by atoms with Crippen LogP contribution in [0.2, 0.25) is 0 Å². The van der Waals surface area contributed by atoms with Gasteiger partial charge >= 0.3 is 0 Å². The van der Waals surface area contributed by atoms with Crippen LogP contribution in [0.15, 0.2) is 42.7 Å². The largest absolute Gasteiger partial charge is 0.453 e. The maximum atomic E-state index is 14.3. The number of halogens is 1. The quantitative estimate of drug-likeness (QED) is 0.890. The third-order valence-corrected chi connectivity index (χ3v) is 5.57. The number of rotatable bonds is 5. The van der Waals surface area contributed by atoms with E-state index in [1.54, 1.807) is 36.7 Å². The zero-order valence-corrected chi connectivity index (χ0v) is 14.2. The van der Waals surface area contributed by atoms with Gasteiger partial charge in [-0.1, -0.05) is 6.07 Å². The maximum Gasteiger partial charge on any atom is 0.166 e. The van der Waals surface area contributed by atoms with Crippen LogP contribution in [0.1, 0.15) is 31.2 Å². The van der Waals surface area contributed by atoms with Crippen LogP contribution >= 0.6 is 0 Å². The van der Waals surface area contributed by atoms with Gasteiger partial charge in [0, 0.05) is 32.0 Å². The lowest BCUT2D eigenvalue weighted by Gasteiger charge is -2.52. The standard InChI is InChI=1S/C20H23FN2O2/c21-17-12-15(3-4-18(17)25-16-2-1-9-22-14-16)13-23-19-5-6-20(19)7-10-24-11-8-20/h1-4,9,12,14,19,23H,5-8,10-11,13H2. The molecule has 1 saturated carbocycles. The predicted molar refractivity (Wildman–Crippen MR) is 93.1 cm³/mol. The summed E-state index contributed by atoms with van der Waals surface area (Å²) < 4.78 is 25.3. The summed E-state index contributed by atoms with van der Waals surface area (Å²) in [6, 6.07) is 9.18. The molecule has 1 saturated heterocycles. The average Bonchev–Trinajstić information content (AvgIpc) is 2.65. The molecule has 0 amide bonds. The van der Waals surface area contributed by atoms with Gasteiger partial charge in [-0.2, -0.15) is 0 Å². The molecule has 25 heavy (non-hydrogen) atoms. The highest BCUT2D eigenvalue weighted by molar-refractivity contribution is 5.33. The Morgan fingerprint density at radius 2 is 2.12 bits per heavy atom. The van der Waals surface area contributed by atoms with Crippen LogP contribution < -0.4 is 10.1 Å². The molecule has 1 unspecified atom stereocenters. The van der Waals surface area contributed by atoms with Gasteiger partial charge in [0.1, 0.15) is 5.75 Å². The van der Waals surface area contributed by atoms with Crippen molar-refractivity contribution in [2.75, 3.05) is 13.2 Å². The van der Waals surface area contributed by atoms with Crippen molar-refractivity contribution in [3.63, 3.8) is 0 Å². The second-order valence-corrected chi connectivity index (χ2v) is 7.00. The fourth-order valence-corrected chi connectivity index (χ4v) is 3.90. The van der Waals surface area contributed by atoms with Gasteiger partial charge in [0.05, 0.1) is 6.20 Å². The third kappa shape index (κ3) is 3.53. The van der Waals surface area contributed by atoms with E-state index in [0.29, 0.717) is 23.8 Å². The van der Waals surface area contributed by atoms with Crippen molar-refractivity contribution in [1.29, 1.82) is 0 Å². The van der Waals surface area contributed by atoms with Gasteiger partial charge in [0.15, 0.2) is 11.6 Å². The first-order chi connectivity index (χ1) is 12.3. The number of aromatic nitrogens is 1. The summed E-state index contributed by atoms with van der Waals surface area (Å²) in [7, 11) is 0. The molecule has 1 aromatic heterocycles. The van der Waals surface area contributed by atoms with Crippen LogP contribution in [0.3, 0.4) is 0 Å². The van der Waals surface area contributed by atoms with E-state index in [4.69, 9.17) is 9.47 Å². The molecule has 2 aromatic rings. The molecule has 1 aromatic carbocycles. The molecule has 4 nitrogen and oxygen atoms in total. The van der Waals surface area contributed by atoms with E-state index in [1.807, 2.05) is 6.07 Å². The molecule has 0 radical (unpaired) electrons. The summed E-state index contributed by atoms with van der Waals surface area (Å²) in [5.74, 6) is 0.405. The van der Waals surface area contributed by atoms with E-state index < -0.39 is 0 Å². The lowest BCUT2D eigenvalue weighted by molar-refractivity contribution is -0.0552. The Labute approximate surface area is 147 Å².